The number of rotatable bonds is 11. The minimum absolute atomic E-state index is 0.156. The van der Waals surface area contributed by atoms with Gasteiger partial charge in [-0.3, -0.25) is 4.79 Å². The van der Waals surface area contributed by atoms with E-state index in [2.05, 4.69) is 32.6 Å². The van der Waals surface area contributed by atoms with E-state index in [1.807, 2.05) is 72.2 Å². The third-order valence-corrected chi connectivity index (χ3v) is 7.79. The fraction of sp³-hybridized carbons (Fsp3) is 0.214. The number of aryl methyl sites for hydroxylation is 2. The van der Waals surface area contributed by atoms with Crippen LogP contribution in [-0.2, 0) is 24.4 Å². The maximum Gasteiger partial charge on any atom is 0.236 e. The lowest BCUT2D eigenvalue weighted by atomic mass is 10.1. The van der Waals surface area contributed by atoms with Gasteiger partial charge < -0.3 is 19.4 Å². The topological polar surface area (TPSA) is 91.2 Å². The number of aromatic nitrogens is 4. The van der Waals surface area contributed by atoms with Crippen molar-refractivity contribution in [3.8, 4) is 11.5 Å². The molecule has 0 saturated carbocycles. The number of ether oxygens (including phenoxy) is 2. The molecule has 8 nitrogen and oxygen atoms in total. The van der Waals surface area contributed by atoms with Gasteiger partial charge in [0, 0.05) is 6.54 Å². The Bertz CT molecular complexity index is 1530. The summed E-state index contributed by atoms with van der Waals surface area (Å²) in [7, 11) is 1.63. The van der Waals surface area contributed by atoms with Crippen LogP contribution in [0, 0.1) is 6.92 Å². The molecule has 2 heterocycles. The average Bonchev–Trinajstić information content (AvgIpc) is 3.53. The zero-order valence-corrected chi connectivity index (χ0v) is 22.7. The number of nitrogens with zero attached hydrogens (tertiary/aromatic N) is 4. The van der Waals surface area contributed by atoms with Gasteiger partial charge >= 0.3 is 0 Å². The Morgan fingerprint density at radius 1 is 1.05 bits per heavy atom. The third kappa shape index (κ3) is 6.32. The van der Waals surface area contributed by atoms with Crippen LogP contribution >= 0.6 is 23.1 Å². The van der Waals surface area contributed by atoms with Crippen LogP contribution in [0.5, 0.6) is 11.5 Å². The van der Waals surface area contributed by atoms with E-state index >= 15 is 0 Å². The minimum atomic E-state index is -0.156. The number of anilines is 1. The molecule has 0 aliphatic heterocycles. The zero-order chi connectivity index (χ0) is 26.3. The zero-order valence-electron chi connectivity index (χ0n) is 21.1. The summed E-state index contributed by atoms with van der Waals surface area (Å²) in [5.74, 6) is 2.31. The van der Waals surface area contributed by atoms with Crippen molar-refractivity contribution >= 4 is 44.4 Å². The summed E-state index contributed by atoms with van der Waals surface area (Å²) in [6.45, 7) is 2.97. The van der Waals surface area contributed by atoms with Crippen LogP contribution in [0.1, 0.15) is 17.0 Å². The molecule has 5 aromatic rings. The maximum atomic E-state index is 12.8. The van der Waals surface area contributed by atoms with Crippen molar-refractivity contribution in [3.05, 3.63) is 89.7 Å². The summed E-state index contributed by atoms with van der Waals surface area (Å²) < 4.78 is 14.3. The van der Waals surface area contributed by atoms with E-state index in [0.717, 1.165) is 33.7 Å². The number of carbonyl (C=O) groups excluding carboxylic acids is 1. The first kappa shape index (κ1) is 25.7. The van der Waals surface area contributed by atoms with E-state index in [4.69, 9.17) is 9.47 Å². The molecule has 0 aliphatic rings. The summed E-state index contributed by atoms with van der Waals surface area (Å²) in [6, 6.07) is 23.8. The number of thioether (sulfide) groups is 1. The van der Waals surface area contributed by atoms with Crippen molar-refractivity contribution in [1.29, 1.82) is 0 Å². The first-order valence-electron chi connectivity index (χ1n) is 12.1. The highest BCUT2D eigenvalue weighted by atomic mass is 32.2. The van der Waals surface area contributed by atoms with Gasteiger partial charge in [-0.2, -0.15) is 0 Å². The molecule has 2 aromatic heterocycles. The highest BCUT2D eigenvalue weighted by molar-refractivity contribution is 7.99. The molecule has 1 N–H and O–H groups in total. The lowest BCUT2D eigenvalue weighted by Crippen LogP contribution is -2.15. The van der Waals surface area contributed by atoms with Gasteiger partial charge in [-0.05, 0) is 48.7 Å². The SMILES string of the molecule is COc1ccc2nc(NC(=O)CSc3nnc(COc4ccccc4C)n3CCc3ccccc3)sc2c1. The largest absolute Gasteiger partial charge is 0.497 e. The number of carbonyl (C=O) groups is 1. The predicted molar refractivity (Wildman–Crippen MR) is 151 cm³/mol. The molecule has 194 valence electrons. The van der Waals surface area contributed by atoms with Gasteiger partial charge in [0.25, 0.3) is 0 Å². The molecule has 0 bridgehead atoms. The fourth-order valence-electron chi connectivity index (χ4n) is 3.87. The quantitative estimate of drug-likeness (QED) is 0.211. The lowest BCUT2D eigenvalue weighted by Gasteiger charge is -2.12. The molecular weight excluding hydrogens is 518 g/mol. The van der Waals surface area contributed by atoms with Crippen molar-refractivity contribution in [1.82, 2.24) is 19.7 Å². The Hall–Kier alpha value is -3.89. The van der Waals surface area contributed by atoms with Crippen LogP contribution < -0.4 is 14.8 Å². The summed E-state index contributed by atoms with van der Waals surface area (Å²) in [5.41, 5.74) is 3.09. The Morgan fingerprint density at radius 2 is 1.87 bits per heavy atom. The second kappa shape index (κ2) is 12.1. The minimum Gasteiger partial charge on any atom is -0.497 e. The molecule has 0 atom stereocenters. The van der Waals surface area contributed by atoms with E-state index in [1.165, 1.54) is 28.7 Å². The summed E-state index contributed by atoms with van der Waals surface area (Å²) in [5, 5.41) is 12.9. The van der Waals surface area contributed by atoms with Crippen molar-refractivity contribution < 1.29 is 14.3 Å². The van der Waals surface area contributed by atoms with E-state index in [0.29, 0.717) is 22.7 Å². The first-order valence-corrected chi connectivity index (χ1v) is 13.9. The van der Waals surface area contributed by atoms with Crippen LogP contribution in [0.4, 0.5) is 5.13 Å². The first-order chi connectivity index (χ1) is 18.6. The van der Waals surface area contributed by atoms with E-state index in [1.54, 1.807) is 7.11 Å². The standard InChI is InChI=1S/C28H27N5O3S2/c1-19-8-6-7-11-23(19)36-17-25-31-32-28(33(25)15-14-20-9-4-3-5-10-20)37-18-26(34)30-27-29-22-13-12-21(35-2)16-24(22)38-27/h3-13,16H,14-15,17-18H2,1-2H3,(H,29,30,34). The van der Waals surface area contributed by atoms with E-state index in [-0.39, 0.29) is 18.3 Å². The number of hydrogen-bond donors (Lipinski definition) is 1. The van der Waals surface area contributed by atoms with Gasteiger partial charge in [0.15, 0.2) is 16.1 Å². The van der Waals surface area contributed by atoms with Gasteiger partial charge in [0.2, 0.25) is 5.91 Å². The summed E-state index contributed by atoms with van der Waals surface area (Å²) >= 11 is 2.76. The van der Waals surface area contributed by atoms with Gasteiger partial charge in [-0.1, -0.05) is 71.6 Å². The molecular formula is C28H27N5O3S2. The predicted octanol–water partition coefficient (Wildman–Crippen LogP) is 5.76. The number of fused-ring (bicyclic) bond motifs is 1. The number of nitrogens with one attached hydrogen (secondary N) is 1. The lowest BCUT2D eigenvalue weighted by molar-refractivity contribution is -0.113. The van der Waals surface area contributed by atoms with Crippen LogP contribution in [-0.4, -0.2) is 38.5 Å². The number of methoxy groups -OCH3 is 1. The molecule has 0 spiro atoms. The normalized spacial score (nSPS) is 11.0. The summed E-state index contributed by atoms with van der Waals surface area (Å²) in [6.07, 6.45) is 0.811. The van der Waals surface area contributed by atoms with Crippen LogP contribution in [0.3, 0.4) is 0 Å². The Balaban J connectivity index is 1.26. The van der Waals surface area contributed by atoms with Crippen molar-refractivity contribution in [3.63, 3.8) is 0 Å². The molecule has 0 fully saturated rings. The highest BCUT2D eigenvalue weighted by Gasteiger charge is 2.16. The Kier molecular flexibility index (Phi) is 8.20. The second-order valence-corrected chi connectivity index (χ2v) is 10.5. The number of benzene rings is 3. The number of hydrogen-bond acceptors (Lipinski definition) is 8. The molecule has 0 radical (unpaired) electrons. The van der Waals surface area contributed by atoms with Gasteiger partial charge in [-0.15, -0.1) is 10.2 Å². The van der Waals surface area contributed by atoms with E-state index < -0.39 is 0 Å². The molecule has 0 aliphatic carbocycles. The molecule has 3 aromatic carbocycles. The average molecular weight is 546 g/mol. The van der Waals surface area contributed by atoms with Crippen LogP contribution in [0.15, 0.2) is 78.0 Å². The van der Waals surface area contributed by atoms with Crippen molar-refractivity contribution in [2.75, 3.05) is 18.2 Å². The van der Waals surface area contributed by atoms with Gasteiger partial charge in [0.1, 0.15) is 18.1 Å². The van der Waals surface area contributed by atoms with Crippen molar-refractivity contribution in [2.45, 2.75) is 31.7 Å². The monoisotopic (exact) mass is 545 g/mol. The highest BCUT2D eigenvalue weighted by Crippen LogP contribution is 2.29. The number of para-hydroxylation sites is 1. The fourth-order valence-corrected chi connectivity index (χ4v) is 5.57. The smallest absolute Gasteiger partial charge is 0.236 e. The van der Waals surface area contributed by atoms with E-state index in [9.17, 15) is 4.79 Å². The molecule has 0 unspecified atom stereocenters. The van der Waals surface area contributed by atoms with Gasteiger partial charge in [0.05, 0.1) is 23.1 Å². The Morgan fingerprint density at radius 3 is 2.68 bits per heavy atom. The molecule has 10 heteroatoms. The number of thiazole rings is 1. The molecule has 38 heavy (non-hydrogen) atoms. The van der Waals surface area contributed by atoms with Crippen molar-refractivity contribution in [2.24, 2.45) is 0 Å². The number of amides is 1. The Labute approximate surface area is 229 Å². The molecule has 5 rings (SSSR count). The van der Waals surface area contributed by atoms with Crippen LogP contribution in [0.25, 0.3) is 10.2 Å². The van der Waals surface area contributed by atoms with Gasteiger partial charge in [-0.25, -0.2) is 4.98 Å². The second-order valence-electron chi connectivity index (χ2n) is 8.53. The molecule has 1 amide bonds. The third-order valence-electron chi connectivity index (χ3n) is 5.89. The summed E-state index contributed by atoms with van der Waals surface area (Å²) in [4.78, 5) is 17.3. The molecule has 0 saturated heterocycles. The maximum absolute atomic E-state index is 12.8. The van der Waals surface area contributed by atoms with Crippen LogP contribution in [0.2, 0.25) is 0 Å².